The Hall–Kier alpha value is -2.94. The molecule has 0 saturated carbocycles. The second-order valence-electron chi connectivity index (χ2n) is 7.68. The molecule has 2 heterocycles. The van der Waals surface area contributed by atoms with E-state index in [0.29, 0.717) is 13.2 Å². The van der Waals surface area contributed by atoms with Gasteiger partial charge in [-0.15, -0.1) is 0 Å². The molecular weight excluding hydrogens is 348 g/mol. The van der Waals surface area contributed by atoms with Crippen molar-refractivity contribution in [3.63, 3.8) is 0 Å². The van der Waals surface area contributed by atoms with E-state index < -0.39 is 0 Å². The largest absolute Gasteiger partial charge is 0.489 e. The molecule has 0 saturated heterocycles. The van der Waals surface area contributed by atoms with Crippen molar-refractivity contribution < 1.29 is 14.2 Å². The van der Waals surface area contributed by atoms with E-state index in [2.05, 4.69) is 69.8 Å². The Kier molecular flexibility index (Phi) is 4.76. The maximum atomic E-state index is 6.20. The summed E-state index contributed by atoms with van der Waals surface area (Å²) in [5, 5.41) is 0. The maximum Gasteiger partial charge on any atom is 0.137 e. The molecular formula is C25H26O3. The van der Waals surface area contributed by atoms with Crippen LogP contribution in [0.25, 0.3) is 17.7 Å². The summed E-state index contributed by atoms with van der Waals surface area (Å²) in [5.74, 6) is 2.62. The van der Waals surface area contributed by atoms with Gasteiger partial charge >= 0.3 is 0 Å². The van der Waals surface area contributed by atoms with Gasteiger partial charge in [-0.2, -0.15) is 0 Å². The molecule has 0 unspecified atom stereocenters. The van der Waals surface area contributed by atoms with Crippen molar-refractivity contribution in [1.82, 2.24) is 0 Å². The van der Waals surface area contributed by atoms with Crippen LogP contribution in [0.5, 0.6) is 17.2 Å². The Morgan fingerprint density at radius 2 is 2.07 bits per heavy atom. The standard InChI is InChI=1S/C25H26O3/c1-5-13-26-23-14-17(6-2)7-9-20(23)19-15-18-8-10-22-21(24(18)27-16-19)11-12-25(3,4)28-22/h5,7-12,14-15H,1,6,13,16H2,2-4H3. The lowest BCUT2D eigenvalue weighted by atomic mass is 9.95. The highest BCUT2D eigenvalue weighted by atomic mass is 16.5. The summed E-state index contributed by atoms with van der Waals surface area (Å²) in [6.07, 6.45) is 9.10. The lowest BCUT2D eigenvalue weighted by molar-refractivity contribution is 0.158. The molecule has 3 heteroatoms. The average molecular weight is 374 g/mol. The van der Waals surface area contributed by atoms with Gasteiger partial charge in [0.1, 0.15) is 36.1 Å². The maximum absolute atomic E-state index is 6.20. The fraction of sp³-hybridized carbons (Fsp3) is 0.280. The lowest BCUT2D eigenvalue weighted by Gasteiger charge is -2.30. The monoisotopic (exact) mass is 374 g/mol. The molecule has 0 aromatic heterocycles. The number of hydrogen-bond acceptors (Lipinski definition) is 3. The van der Waals surface area contributed by atoms with Gasteiger partial charge in [0.15, 0.2) is 0 Å². The highest BCUT2D eigenvalue weighted by molar-refractivity contribution is 5.89. The summed E-state index contributed by atoms with van der Waals surface area (Å²) in [5.41, 5.74) is 5.19. The molecule has 0 bridgehead atoms. The average Bonchev–Trinajstić information content (AvgIpc) is 2.70. The SMILES string of the molecule is C=CCOc1cc(CC)ccc1C1=Cc2ccc3c(c2OC1)C=CC(C)(C)O3. The molecule has 28 heavy (non-hydrogen) atoms. The molecule has 4 rings (SSSR count). The Morgan fingerprint density at radius 1 is 1.21 bits per heavy atom. The van der Waals surface area contributed by atoms with Crippen LogP contribution in [0.2, 0.25) is 0 Å². The minimum absolute atomic E-state index is 0.296. The van der Waals surface area contributed by atoms with Gasteiger partial charge in [-0.1, -0.05) is 31.7 Å². The van der Waals surface area contributed by atoms with Crippen LogP contribution in [-0.2, 0) is 6.42 Å². The zero-order chi connectivity index (χ0) is 19.7. The van der Waals surface area contributed by atoms with Crippen LogP contribution < -0.4 is 14.2 Å². The van der Waals surface area contributed by atoms with E-state index in [-0.39, 0.29) is 5.60 Å². The van der Waals surface area contributed by atoms with E-state index in [1.54, 1.807) is 6.08 Å². The Bertz CT molecular complexity index is 980. The minimum Gasteiger partial charge on any atom is -0.489 e. The third-order valence-corrected chi connectivity index (χ3v) is 5.07. The third kappa shape index (κ3) is 3.45. The Labute approximate surface area is 166 Å². The number of rotatable bonds is 5. The van der Waals surface area contributed by atoms with Crippen molar-refractivity contribution in [3.8, 4) is 17.2 Å². The van der Waals surface area contributed by atoms with Crippen molar-refractivity contribution in [2.24, 2.45) is 0 Å². The predicted molar refractivity (Wildman–Crippen MR) is 115 cm³/mol. The van der Waals surface area contributed by atoms with Crippen molar-refractivity contribution >= 4 is 17.7 Å². The van der Waals surface area contributed by atoms with Gasteiger partial charge in [0.25, 0.3) is 0 Å². The molecule has 144 valence electrons. The van der Waals surface area contributed by atoms with Gasteiger partial charge < -0.3 is 14.2 Å². The molecule has 0 aliphatic carbocycles. The Morgan fingerprint density at radius 3 is 2.86 bits per heavy atom. The summed E-state index contributed by atoms with van der Waals surface area (Å²) in [4.78, 5) is 0. The first-order valence-electron chi connectivity index (χ1n) is 9.76. The van der Waals surface area contributed by atoms with Gasteiger partial charge in [-0.3, -0.25) is 0 Å². The van der Waals surface area contributed by atoms with Crippen molar-refractivity contribution in [3.05, 3.63) is 71.3 Å². The zero-order valence-corrected chi connectivity index (χ0v) is 16.7. The van der Waals surface area contributed by atoms with Gasteiger partial charge in [0.2, 0.25) is 0 Å². The third-order valence-electron chi connectivity index (χ3n) is 5.07. The smallest absolute Gasteiger partial charge is 0.137 e. The van der Waals surface area contributed by atoms with Gasteiger partial charge in [0.05, 0.1) is 5.56 Å². The molecule has 0 radical (unpaired) electrons. The van der Waals surface area contributed by atoms with Gasteiger partial charge in [0, 0.05) is 16.7 Å². The summed E-state index contributed by atoms with van der Waals surface area (Å²) >= 11 is 0. The normalized spacial score (nSPS) is 16.2. The number of ether oxygens (including phenoxy) is 3. The number of hydrogen-bond donors (Lipinski definition) is 0. The number of fused-ring (bicyclic) bond motifs is 3. The van der Waals surface area contributed by atoms with Crippen molar-refractivity contribution in [2.75, 3.05) is 13.2 Å². The molecule has 0 spiro atoms. The molecule has 2 aromatic rings. The van der Waals surface area contributed by atoms with Crippen LogP contribution in [0.1, 0.15) is 43.0 Å². The van der Waals surface area contributed by atoms with Crippen LogP contribution in [0.3, 0.4) is 0 Å². The fourth-order valence-corrected chi connectivity index (χ4v) is 3.58. The van der Waals surface area contributed by atoms with E-state index >= 15 is 0 Å². The van der Waals surface area contributed by atoms with E-state index in [1.807, 2.05) is 6.07 Å². The van der Waals surface area contributed by atoms with Gasteiger partial charge in [-0.05, 0) is 62.3 Å². The summed E-state index contributed by atoms with van der Waals surface area (Å²) in [6.45, 7) is 11.0. The molecule has 2 aromatic carbocycles. The van der Waals surface area contributed by atoms with Crippen LogP contribution in [-0.4, -0.2) is 18.8 Å². The summed E-state index contributed by atoms with van der Waals surface area (Å²) < 4.78 is 18.2. The highest BCUT2D eigenvalue weighted by Crippen LogP contribution is 2.43. The van der Waals surface area contributed by atoms with E-state index in [0.717, 1.165) is 45.9 Å². The second kappa shape index (κ2) is 7.23. The highest BCUT2D eigenvalue weighted by Gasteiger charge is 2.26. The second-order valence-corrected chi connectivity index (χ2v) is 7.68. The molecule has 0 N–H and O–H groups in total. The first kappa shape index (κ1) is 18.4. The van der Waals surface area contributed by atoms with Crippen LogP contribution in [0.15, 0.2) is 49.1 Å². The summed E-state index contributed by atoms with van der Waals surface area (Å²) in [6, 6.07) is 10.5. The molecule has 0 amide bonds. The van der Waals surface area contributed by atoms with Crippen molar-refractivity contribution in [2.45, 2.75) is 32.8 Å². The molecule has 2 aliphatic heterocycles. The van der Waals surface area contributed by atoms with Crippen molar-refractivity contribution in [1.29, 1.82) is 0 Å². The lowest BCUT2D eigenvalue weighted by Crippen LogP contribution is -2.27. The fourth-order valence-electron chi connectivity index (χ4n) is 3.58. The van der Waals surface area contributed by atoms with Crippen LogP contribution >= 0.6 is 0 Å². The zero-order valence-electron chi connectivity index (χ0n) is 16.7. The van der Waals surface area contributed by atoms with Crippen LogP contribution in [0, 0.1) is 0 Å². The Balaban J connectivity index is 1.73. The van der Waals surface area contributed by atoms with E-state index in [9.17, 15) is 0 Å². The van der Waals surface area contributed by atoms with E-state index in [1.165, 1.54) is 5.56 Å². The molecule has 3 nitrogen and oxygen atoms in total. The first-order chi connectivity index (χ1) is 13.5. The molecule has 0 fully saturated rings. The number of aryl methyl sites for hydroxylation is 1. The molecule has 2 aliphatic rings. The van der Waals surface area contributed by atoms with Crippen LogP contribution in [0.4, 0.5) is 0 Å². The first-order valence-corrected chi connectivity index (χ1v) is 9.76. The number of benzene rings is 2. The predicted octanol–water partition coefficient (Wildman–Crippen LogP) is 5.93. The molecule has 0 atom stereocenters. The van der Waals surface area contributed by atoms with E-state index in [4.69, 9.17) is 14.2 Å². The summed E-state index contributed by atoms with van der Waals surface area (Å²) in [7, 11) is 0. The van der Waals surface area contributed by atoms with Gasteiger partial charge in [-0.25, -0.2) is 0 Å². The topological polar surface area (TPSA) is 27.7 Å². The quantitative estimate of drug-likeness (QED) is 0.607. The minimum atomic E-state index is -0.296.